The van der Waals surface area contributed by atoms with Gasteiger partial charge in [0.15, 0.2) is 5.82 Å². The van der Waals surface area contributed by atoms with E-state index < -0.39 is 47.9 Å². The minimum absolute atomic E-state index is 0.0225. The molecule has 2 amide bonds. The summed E-state index contributed by atoms with van der Waals surface area (Å²) < 4.78 is 101. The predicted molar refractivity (Wildman–Crippen MR) is 199 cm³/mol. The summed E-state index contributed by atoms with van der Waals surface area (Å²) in [4.78, 5) is 61.1. The summed E-state index contributed by atoms with van der Waals surface area (Å²) >= 11 is 0. The molecule has 3 aromatic carbocycles. The number of nitrogen functional groups attached to an aromatic ring is 2. The number of aliphatic carboxylic acids is 1. The normalized spacial score (nSPS) is 10.8. The first-order chi connectivity index (χ1) is 27.8. The molecule has 0 atom stereocenters. The lowest BCUT2D eigenvalue weighted by Gasteiger charge is -2.17. The lowest BCUT2D eigenvalue weighted by Crippen LogP contribution is -2.35. The molecule has 0 saturated heterocycles. The number of benzene rings is 3. The van der Waals surface area contributed by atoms with Gasteiger partial charge < -0.3 is 37.6 Å². The van der Waals surface area contributed by atoms with Gasteiger partial charge in [0.25, 0.3) is 17.9 Å². The number of hydrogen-bond donors (Lipinski definition) is 8. The topological polar surface area (TPSA) is 256 Å². The SMILES string of the molecule is CC(C)Nc1ncc(-c2cc(N)cc(C(=O)NCc3cccc(C(F)(F)F)c3)c2)n(CC(=O)NCc2ccc(C(=N)N)cc2)c1=O.FC(F)F.O=C(O)C(F)(F)F.O=CO. The highest BCUT2D eigenvalue weighted by Gasteiger charge is 2.38. The Bertz CT molecular complexity index is 2140. The maximum absolute atomic E-state index is 13.5. The Hall–Kier alpha value is -7.14. The van der Waals surface area contributed by atoms with Gasteiger partial charge in [0.2, 0.25) is 5.91 Å². The molecular weight excluding hydrogens is 827 g/mol. The highest BCUT2D eigenvalue weighted by atomic mass is 19.4. The minimum atomic E-state index is -5.08. The van der Waals surface area contributed by atoms with E-state index in [2.05, 4.69) is 20.9 Å². The fourth-order valence-electron chi connectivity index (χ4n) is 4.52. The van der Waals surface area contributed by atoms with E-state index in [1.54, 1.807) is 24.3 Å². The lowest BCUT2D eigenvalue weighted by atomic mass is 10.1. The van der Waals surface area contributed by atoms with Crippen LogP contribution in [0.1, 0.15) is 46.5 Å². The van der Waals surface area contributed by atoms with Crippen LogP contribution in [0, 0.1) is 5.41 Å². The molecule has 1 heterocycles. The second-order valence-corrected chi connectivity index (χ2v) is 11.9. The number of anilines is 2. The molecule has 0 bridgehead atoms. The Kier molecular flexibility index (Phi) is 19.8. The zero-order chi connectivity index (χ0) is 46.0. The Morgan fingerprint density at radius 1 is 0.900 bits per heavy atom. The van der Waals surface area contributed by atoms with Crippen molar-refractivity contribution in [3.05, 3.63) is 111 Å². The Balaban J connectivity index is 0.00000111. The summed E-state index contributed by atoms with van der Waals surface area (Å²) in [7, 11) is 0. The Morgan fingerprint density at radius 3 is 1.95 bits per heavy atom. The zero-order valence-corrected chi connectivity index (χ0v) is 31.2. The van der Waals surface area contributed by atoms with Crippen molar-refractivity contribution < 1.29 is 68.9 Å². The number of carbonyl (C=O) groups is 4. The van der Waals surface area contributed by atoms with Gasteiger partial charge in [-0.15, -0.1) is 0 Å². The van der Waals surface area contributed by atoms with Crippen LogP contribution in [0.3, 0.4) is 0 Å². The maximum Gasteiger partial charge on any atom is 0.490 e. The third-order valence-electron chi connectivity index (χ3n) is 7.00. The second kappa shape index (κ2) is 23.3. The first-order valence-electron chi connectivity index (χ1n) is 16.5. The maximum atomic E-state index is 13.5. The fourth-order valence-corrected chi connectivity index (χ4v) is 4.52. The number of hydrogen-bond acceptors (Lipinski definition) is 9. The van der Waals surface area contributed by atoms with Crippen LogP contribution in [-0.4, -0.2) is 68.8 Å². The Labute approximate surface area is 333 Å². The number of carboxylic acids is 1. The Morgan fingerprint density at radius 2 is 1.45 bits per heavy atom. The number of nitrogens with one attached hydrogen (secondary N) is 4. The number of aromatic nitrogens is 2. The molecule has 0 aliphatic heterocycles. The van der Waals surface area contributed by atoms with Gasteiger partial charge in [-0.1, -0.05) is 36.4 Å². The van der Waals surface area contributed by atoms with Crippen molar-refractivity contribution in [2.24, 2.45) is 5.73 Å². The molecule has 0 spiro atoms. The molecular formula is C36H37F9N8O7. The van der Waals surface area contributed by atoms with Gasteiger partial charge in [0, 0.05) is 41.5 Å². The molecule has 0 radical (unpaired) electrons. The molecule has 0 aliphatic carbocycles. The fraction of sp³-hybridized carbons (Fsp3) is 0.250. The molecule has 0 unspecified atom stereocenters. The van der Waals surface area contributed by atoms with Gasteiger partial charge in [-0.25, -0.2) is 9.78 Å². The van der Waals surface area contributed by atoms with Gasteiger partial charge in [-0.2, -0.15) is 39.5 Å². The van der Waals surface area contributed by atoms with Crippen molar-refractivity contribution in [3.8, 4) is 11.3 Å². The number of nitrogens with two attached hydrogens (primary N) is 2. The van der Waals surface area contributed by atoms with E-state index in [0.29, 0.717) is 11.1 Å². The number of halogens is 9. The molecule has 326 valence electrons. The number of carboxylic acid groups (broad SMARTS) is 2. The number of amidine groups is 1. The van der Waals surface area contributed by atoms with Crippen LogP contribution in [0.2, 0.25) is 0 Å². The summed E-state index contributed by atoms with van der Waals surface area (Å²) in [6, 6.07) is 15.6. The van der Waals surface area contributed by atoms with Crippen molar-refractivity contribution in [1.29, 1.82) is 5.41 Å². The summed E-state index contributed by atoms with van der Waals surface area (Å²) in [5.41, 5.74) is 12.5. The van der Waals surface area contributed by atoms with Crippen molar-refractivity contribution in [1.82, 2.24) is 20.2 Å². The number of amides is 2. The molecule has 15 nitrogen and oxygen atoms in total. The van der Waals surface area contributed by atoms with E-state index >= 15 is 0 Å². The monoisotopic (exact) mass is 864 g/mol. The summed E-state index contributed by atoms with van der Waals surface area (Å²) in [5.74, 6) is -3.91. The average molecular weight is 865 g/mol. The van der Waals surface area contributed by atoms with Crippen molar-refractivity contribution in [2.75, 3.05) is 11.1 Å². The van der Waals surface area contributed by atoms with Crippen LogP contribution in [0.15, 0.2) is 77.7 Å². The summed E-state index contributed by atoms with van der Waals surface area (Å²) in [6.45, 7) is -0.678. The molecule has 24 heteroatoms. The van der Waals surface area contributed by atoms with Crippen LogP contribution in [0.4, 0.5) is 51.0 Å². The van der Waals surface area contributed by atoms with E-state index in [-0.39, 0.29) is 66.3 Å². The molecule has 1 aromatic heterocycles. The van der Waals surface area contributed by atoms with Gasteiger partial charge in [0.05, 0.1) is 17.5 Å². The predicted octanol–water partition coefficient (Wildman–Crippen LogP) is 5.37. The quantitative estimate of drug-likeness (QED) is 0.0313. The summed E-state index contributed by atoms with van der Waals surface area (Å²) in [5, 5.41) is 29.8. The average Bonchev–Trinajstić information content (AvgIpc) is 3.14. The third kappa shape index (κ3) is 18.0. The number of carbonyl (C=O) groups excluding carboxylic acids is 2. The smallest absolute Gasteiger partial charge is 0.483 e. The van der Waals surface area contributed by atoms with E-state index in [0.717, 1.165) is 17.7 Å². The molecule has 60 heavy (non-hydrogen) atoms. The van der Waals surface area contributed by atoms with Crippen molar-refractivity contribution in [3.63, 3.8) is 0 Å². The van der Waals surface area contributed by atoms with Crippen LogP contribution < -0.4 is 33.0 Å². The van der Waals surface area contributed by atoms with Crippen molar-refractivity contribution in [2.45, 2.75) is 58.6 Å². The van der Waals surface area contributed by atoms with E-state index in [1.807, 2.05) is 13.8 Å². The molecule has 4 aromatic rings. The zero-order valence-electron chi connectivity index (χ0n) is 31.2. The van der Waals surface area contributed by atoms with Gasteiger partial charge in [0.1, 0.15) is 12.4 Å². The second-order valence-electron chi connectivity index (χ2n) is 11.9. The van der Waals surface area contributed by atoms with E-state index in [1.165, 1.54) is 41.1 Å². The third-order valence-corrected chi connectivity index (χ3v) is 7.00. The van der Waals surface area contributed by atoms with Crippen molar-refractivity contribution >= 4 is 41.6 Å². The highest BCUT2D eigenvalue weighted by molar-refractivity contribution is 5.96. The molecule has 0 aliphatic rings. The molecule has 0 fully saturated rings. The lowest BCUT2D eigenvalue weighted by molar-refractivity contribution is -0.192. The van der Waals surface area contributed by atoms with Crippen LogP contribution in [0.25, 0.3) is 11.3 Å². The number of nitrogens with zero attached hydrogens (tertiary/aromatic N) is 2. The van der Waals surface area contributed by atoms with Crippen LogP contribution in [-0.2, 0) is 40.2 Å². The minimum Gasteiger partial charge on any atom is -0.483 e. The first-order valence-corrected chi connectivity index (χ1v) is 16.5. The van der Waals surface area contributed by atoms with E-state index in [9.17, 15) is 53.9 Å². The van der Waals surface area contributed by atoms with Crippen LogP contribution >= 0.6 is 0 Å². The largest absolute Gasteiger partial charge is 0.490 e. The number of rotatable bonds is 11. The summed E-state index contributed by atoms with van der Waals surface area (Å²) in [6.07, 6.45) is -8.22. The van der Waals surface area contributed by atoms with Crippen LogP contribution in [0.5, 0.6) is 0 Å². The first kappa shape index (κ1) is 50.9. The molecule has 10 N–H and O–H groups in total. The van der Waals surface area contributed by atoms with E-state index in [4.69, 9.17) is 36.7 Å². The molecule has 0 saturated carbocycles. The molecule has 4 rings (SSSR count). The number of alkyl halides is 9. The standard InChI is InChI=1S/C32H33F3N8O3.C2HF3O2.CHF3.CH2O2/c1-18(2)42-29-31(46)43(17-27(44)39-14-19-6-8-21(9-7-19)28(37)38)26(16-40-29)22-11-23(13-25(36)12-22)30(45)41-15-20-4-3-5-24(10-20)32(33,34)35;3-2(4,5)1(6)7;2-1(3)4;2-1-3/h3-13,16,18H,14-15,17,36H2,1-2H3,(H3,37,38)(H,39,44)(H,40,42)(H,41,45);(H,6,7);1H;1H,(H,2,3). The van der Waals surface area contributed by atoms with Gasteiger partial charge in [-0.05, 0) is 55.3 Å². The van der Waals surface area contributed by atoms with Gasteiger partial charge in [-0.3, -0.25) is 29.2 Å². The highest BCUT2D eigenvalue weighted by Crippen LogP contribution is 2.29. The van der Waals surface area contributed by atoms with Gasteiger partial charge >= 0.3 is 25.0 Å².